The molecule has 1 nitrogen and oxygen atoms in total. The Hall–Kier alpha value is -0.640. The van der Waals surface area contributed by atoms with Crippen LogP contribution in [0.4, 0.5) is 0 Å². The standard InChI is InChI=1S/C12H23N/c1-4-5-6-7-8-9-12(2,3)10-11-13/h4-9,13H2,1-3H3. The van der Waals surface area contributed by atoms with Crippen LogP contribution in [0, 0.1) is 17.4 Å². The minimum absolute atomic E-state index is 0.112. The Morgan fingerprint density at radius 3 is 2.23 bits per heavy atom. The number of nitrogens with two attached hydrogens (primary N) is 1. The van der Waals surface area contributed by atoms with Crippen molar-refractivity contribution in [2.45, 2.75) is 59.3 Å². The molecule has 0 aliphatic rings. The first-order valence-electron chi connectivity index (χ1n) is 5.35. The first-order chi connectivity index (χ1) is 6.12. The summed E-state index contributed by atoms with van der Waals surface area (Å²) in [7, 11) is 0. The third-order valence-electron chi connectivity index (χ3n) is 2.32. The van der Waals surface area contributed by atoms with E-state index in [1.54, 1.807) is 0 Å². The van der Waals surface area contributed by atoms with Crippen molar-refractivity contribution in [2.75, 3.05) is 0 Å². The molecule has 0 aromatic rings. The first kappa shape index (κ1) is 12.4. The summed E-state index contributed by atoms with van der Waals surface area (Å²) in [5, 5.41) is 0. The third-order valence-corrected chi connectivity index (χ3v) is 2.32. The van der Waals surface area contributed by atoms with Crippen LogP contribution in [0.3, 0.4) is 0 Å². The van der Waals surface area contributed by atoms with Gasteiger partial charge >= 0.3 is 0 Å². The minimum atomic E-state index is 0.112. The van der Waals surface area contributed by atoms with Gasteiger partial charge in [-0.15, -0.1) is 0 Å². The summed E-state index contributed by atoms with van der Waals surface area (Å²) in [4.78, 5) is 0. The molecule has 0 amide bonds. The molecule has 0 saturated heterocycles. The molecule has 0 spiro atoms. The number of rotatable bonds is 6. The minimum Gasteiger partial charge on any atom is -0.359 e. The van der Waals surface area contributed by atoms with Crippen LogP contribution in [0.1, 0.15) is 59.3 Å². The van der Waals surface area contributed by atoms with Crippen molar-refractivity contribution in [1.29, 1.82) is 0 Å². The van der Waals surface area contributed by atoms with E-state index in [0.29, 0.717) is 0 Å². The van der Waals surface area contributed by atoms with Crippen LogP contribution in [0.5, 0.6) is 0 Å². The van der Waals surface area contributed by atoms with E-state index in [9.17, 15) is 0 Å². The first-order valence-corrected chi connectivity index (χ1v) is 5.35. The summed E-state index contributed by atoms with van der Waals surface area (Å²) < 4.78 is 0. The topological polar surface area (TPSA) is 26.0 Å². The van der Waals surface area contributed by atoms with E-state index in [1.807, 2.05) is 0 Å². The van der Waals surface area contributed by atoms with E-state index in [2.05, 4.69) is 32.7 Å². The Morgan fingerprint density at radius 2 is 1.69 bits per heavy atom. The lowest BCUT2D eigenvalue weighted by Crippen LogP contribution is -2.08. The van der Waals surface area contributed by atoms with Crippen LogP contribution >= 0.6 is 0 Å². The molecule has 1 heteroatoms. The summed E-state index contributed by atoms with van der Waals surface area (Å²) >= 11 is 0. The van der Waals surface area contributed by atoms with E-state index in [-0.39, 0.29) is 5.41 Å². The number of hydrogen-bond donors (Lipinski definition) is 1. The van der Waals surface area contributed by atoms with E-state index < -0.39 is 0 Å². The van der Waals surface area contributed by atoms with Gasteiger partial charge in [-0.1, -0.05) is 44.9 Å². The molecule has 0 atom stereocenters. The third kappa shape index (κ3) is 7.71. The van der Waals surface area contributed by atoms with Crippen LogP contribution in [0.15, 0.2) is 0 Å². The van der Waals surface area contributed by atoms with Gasteiger partial charge < -0.3 is 5.73 Å². The van der Waals surface area contributed by atoms with E-state index in [1.165, 1.54) is 38.5 Å². The van der Waals surface area contributed by atoms with Gasteiger partial charge in [-0.25, -0.2) is 0 Å². The highest BCUT2D eigenvalue weighted by molar-refractivity contribution is 5.05. The van der Waals surface area contributed by atoms with E-state index >= 15 is 0 Å². The van der Waals surface area contributed by atoms with Gasteiger partial charge in [0.05, 0.1) is 0 Å². The van der Waals surface area contributed by atoms with Gasteiger partial charge in [-0.3, -0.25) is 0 Å². The Labute approximate surface area is 83.1 Å². The van der Waals surface area contributed by atoms with E-state index in [0.717, 1.165) is 0 Å². The maximum atomic E-state index is 5.21. The average molecular weight is 181 g/mol. The second kappa shape index (κ2) is 6.83. The molecule has 0 saturated carbocycles. The summed E-state index contributed by atoms with van der Waals surface area (Å²) in [6.45, 7) is 6.56. The molecule has 0 aliphatic heterocycles. The van der Waals surface area contributed by atoms with Crippen molar-refractivity contribution in [3.8, 4) is 12.0 Å². The Kier molecular flexibility index (Phi) is 6.49. The highest BCUT2D eigenvalue weighted by Gasteiger charge is 2.12. The van der Waals surface area contributed by atoms with Crippen molar-refractivity contribution >= 4 is 0 Å². The second-order valence-electron chi connectivity index (χ2n) is 4.32. The van der Waals surface area contributed by atoms with Gasteiger partial charge in [0, 0.05) is 11.5 Å². The van der Waals surface area contributed by atoms with Crippen molar-refractivity contribution in [3.05, 3.63) is 0 Å². The molecule has 0 fully saturated rings. The van der Waals surface area contributed by atoms with Gasteiger partial charge in [0.1, 0.15) is 0 Å². The maximum absolute atomic E-state index is 5.21. The van der Waals surface area contributed by atoms with E-state index in [4.69, 9.17) is 5.73 Å². The van der Waals surface area contributed by atoms with Crippen LogP contribution in [0.2, 0.25) is 0 Å². The van der Waals surface area contributed by atoms with Crippen molar-refractivity contribution in [3.63, 3.8) is 0 Å². The monoisotopic (exact) mass is 181 g/mol. The fourth-order valence-electron chi connectivity index (χ4n) is 1.43. The number of unbranched alkanes of at least 4 members (excludes halogenated alkanes) is 4. The molecule has 0 unspecified atom stereocenters. The lowest BCUT2D eigenvalue weighted by Gasteiger charge is -2.16. The smallest absolute Gasteiger partial charge is 0.0276 e. The van der Waals surface area contributed by atoms with Crippen molar-refractivity contribution < 1.29 is 0 Å². The second-order valence-corrected chi connectivity index (χ2v) is 4.32. The molecule has 2 N–H and O–H groups in total. The fraction of sp³-hybridized carbons (Fsp3) is 0.833. The van der Waals surface area contributed by atoms with Crippen molar-refractivity contribution in [1.82, 2.24) is 0 Å². The van der Waals surface area contributed by atoms with Gasteiger partial charge in [0.25, 0.3) is 0 Å². The Balaban J connectivity index is 3.44. The summed E-state index contributed by atoms with van der Waals surface area (Å²) in [5.74, 6) is 3.04. The van der Waals surface area contributed by atoms with Gasteiger partial charge in [-0.2, -0.15) is 0 Å². The molecule has 76 valence electrons. The molecule has 0 aromatic heterocycles. The molecule has 0 aromatic carbocycles. The summed E-state index contributed by atoms with van der Waals surface area (Å²) in [6, 6.07) is 2.51. The molecule has 0 radical (unpaired) electrons. The summed E-state index contributed by atoms with van der Waals surface area (Å²) in [6.07, 6.45) is 7.82. The zero-order valence-corrected chi connectivity index (χ0v) is 9.32. The Morgan fingerprint density at radius 1 is 1.08 bits per heavy atom. The maximum Gasteiger partial charge on any atom is 0.0276 e. The summed E-state index contributed by atoms with van der Waals surface area (Å²) in [5.41, 5.74) is 5.32. The highest BCUT2D eigenvalue weighted by atomic mass is 14.5. The van der Waals surface area contributed by atoms with Gasteiger partial charge in [-0.05, 0) is 20.3 Å². The quantitative estimate of drug-likeness (QED) is 0.380. The van der Waals surface area contributed by atoms with Gasteiger partial charge in [0.2, 0.25) is 0 Å². The van der Waals surface area contributed by atoms with Crippen molar-refractivity contribution in [2.24, 2.45) is 11.1 Å². The fourth-order valence-corrected chi connectivity index (χ4v) is 1.43. The predicted molar refractivity (Wildman–Crippen MR) is 59.1 cm³/mol. The van der Waals surface area contributed by atoms with Crippen LogP contribution in [-0.2, 0) is 0 Å². The molecule has 0 bridgehead atoms. The highest BCUT2D eigenvalue weighted by Crippen LogP contribution is 2.22. The normalized spacial score (nSPS) is 10.7. The molecule has 13 heavy (non-hydrogen) atoms. The molecule has 0 aliphatic carbocycles. The molecule has 0 heterocycles. The average Bonchev–Trinajstić information content (AvgIpc) is 2.04. The zero-order chi connectivity index (χ0) is 10.2. The van der Waals surface area contributed by atoms with Crippen LogP contribution in [0.25, 0.3) is 0 Å². The number of hydrogen-bond acceptors (Lipinski definition) is 1. The largest absolute Gasteiger partial charge is 0.359 e. The predicted octanol–water partition coefficient (Wildman–Crippen LogP) is 3.29. The lowest BCUT2D eigenvalue weighted by molar-refractivity contribution is 0.425. The molecular formula is C12H23N. The zero-order valence-electron chi connectivity index (χ0n) is 9.32. The van der Waals surface area contributed by atoms with Crippen LogP contribution < -0.4 is 5.73 Å². The molecule has 0 rings (SSSR count). The van der Waals surface area contributed by atoms with Crippen LogP contribution in [-0.4, -0.2) is 0 Å². The molecular weight excluding hydrogens is 158 g/mol. The lowest BCUT2D eigenvalue weighted by atomic mass is 9.88. The Bertz CT molecular complexity index is 171. The van der Waals surface area contributed by atoms with Gasteiger partial charge in [0.15, 0.2) is 0 Å². The SMILES string of the molecule is CCCCCCCC(C)(C)C#CN.